The molecule has 25 heavy (non-hydrogen) atoms. The first-order valence-corrected chi connectivity index (χ1v) is 8.98. The number of carbonyl (C=O) groups excluding carboxylic acids is 3. The van der Waals surface area contributed by atoms with Gasteiger partial charge in [0.25, 0.3) is 5.91 Å². The van der Waals surface area contributed by atoms with Gasteiger partial charge in [-0.25, -0.2) is 0 Å². The lowest BCUT2D eigenvalue weighted by molar-refractivity contribution is -0.148. The number of hydrogen-bond donors (Lipinski definition) is 1. The maximum absolute atomic E-state index is 11.9. The highest BCUT2D eigenvalue weighted by Crippen LogP contribution is 2.17. The summed E-state index contributed by atoms with van der Waals surface area (Å²) >= 11 is 7.30. The van der Waals surface area contributed by atoms with E-state index in [0.29, 0.717) is 10.6 Å². The quantitative estimate of drug-likeness (QED) is 0.559. The number of ketones is 1. The minimum Gasteiger partial charge on any atom is -0.456 e. The zero-order chi connectivity index (χ0) is 18.2. The first-order valence-electron chi connectivity index (χ1n) is 7.73. The Balaban J connectivity index is 1.68. The molecular weight excluding hydrogens is 362 g/mol. The Labute approximate surface area is 154 Å². The summed E-state index contributed by atoms with van der Waals surface area (Å²) in [6.45, 7) is 1.50. The first kappa shape index (κ1) is 19.1. The summed E-state index contributed by atoms with van der Waals surface area (Å²) in [4.78, 5) is 36.4. The van der Waals surface area contributed by atoms with E-state index in [0.717, 1.165) is 4.88 Å². The molecular formula is C18H18ClNO4S. The van der Waals surface area contributed by atoms with Crippen LogP contribution < -0.4 is 5.32 Å². The third kappa shape index (κ3) is 6.32. The van der Waals surface area contributed by atoms with Crippen LogP contribution in [-0.2, 0) is 14.3 Å². The lowest BCUT2D eigenvalue weighted by Crippen LogP contribution is -2.30. The number of hydrogen-bond acceptors (Lipinski definition) is 5. The summed E-state index contributed by atoms with van der Waals surface area (Å²) < 4.78 is 4.91. The molecule has 1 aromatic heterocycles. The summed E-state index contributed by atoms with van der Waals surface area (Å²) in [6.07, 6.45) is -0.0527. The van der Waals surface area contributed by atoms with Crippen LogP contribution in [0.15, 0.2) is 41.8 Å². The van der Waals surface area contributed by atoms with Crippen molar-refractivity contribution in [2.75, 3.05) is 6.61 Å². The van der Waals surface area contributed by atoms with E-state index < -0.39 is 5.97 Å². The second-order valence-corrected chi connectivity index (χ2v) is 6.81. The van der Waals surface area contributed by atoms with Crippen LogP contribution in [0, 0.1) is 0 Å². The number of Topliss-reactive ketones (excluding diaryl/α,β-unsaturated/α-hetero) is 1. The molecule has 0 bridgehead atoms. The number of esters is 1. The smallest absolute Gasteiger partial charge is 0.306 e. The number of nitrogens with one attached hydrogen (secondary N) is 1. The Morgan fingerprint density at radius 1 is 1.16 bits per heavy atom. The van der Waals surface area contributed by atoms with Crippen LogP contribution in [0.2, 0.25) is 5.02 Å². The van der Waals surface area contributed by atoms with Gasteiger partial charge in [-0.3, -0.25) is 14.4 Å². The predicted molar refractivity (Wildman–Crippen MR) is 96.9 cm³/mol. The van der Waals surface area contributed by atoms with E-state index in [1.54, 1.807) is 24.3 Å². The summed E-state index contributed by atoms with van der Waals surface area (Å²) in [5.74, 6) is -1.14. The lowest BCUT2D eigenvalue weighted by Gasteiger charge is -2.12. The van der Waals surface area contributed by atoms with Gasteiger partial charge in [-0.15, -0.1) is 11.3 Å². The van der Waals surface area contributed by atoms with Gasteiger partial charge >= 0.3 is 5.97 Å². The van der Waals surface area contributed by atoms with Gasteiger partial charge in [0.2, 0.25) is 0 Å². The molecule has 0 saturated heterocycles. The maximum atomic E-state index is 11.9. The van der Waals surface area contributed by atoms with Crippen LogP contribution in [0.1, 0.15) is 41.0 Å². The number of carbonyl (C=O) groups is 3. The Morgan fingerprint density at radius 3 is 2.52 bits per heavy atom. The van der Waals surface area contributed by atoms with E-state index in [-0.39, 0.29) is 37.2 Å². The zero-order valence-electron chi connectivity index (χ0n) is 13.7. The molecule has 0 aliphatic carbocycles. The normalized spacial score (nSPS) is 11.6. The van der Waals surface area contributed by atoms with Crippen LogP contribution in [0.4, 0.5) is 0 Å². The molecule has 0 fully saturated rings. The van der Waals surface area contributed by atoms with Crippen molar-refractivity contribution < 1.29 is 19.1 Å². The fraction of sp³-hybridized carbons (Fsp3) is 0.278. The van der Waals surface area contributed by atoms with Crippen molar-refractivity contribution in [1.29, 1.82) is 0 Å². The van der Waals surface area contributed by atoms with E-state index in [1.807, 2.05) is 24.4 Å². The Bertz CT molecular complexity index is 728. The average molecular weight is 380 g/mol. The number of ether oxygens (including phenoxy) is 1. The molecule has 5 nitrogen and oxygen atoms in total. The summed E-state index contributed by atoms with van der Waals surface area (Å²) in [5, 5.41) is 5.22. The highest BCUT2D eigenvalue weighted by molar-refractivity contribution is 7.10. The van der Waals surface area contributed by atoms with Gasteiger partial charge in [0.1, 0.15) is 0 Å². The van der Waals surface area contributed by atoms with Crippen molar-refractivity contribution in [2.45, 2.75) is 25.8 Å². The number of halogens is 1. The molecule has 7 heteroatoms. The molecule has 1 N–H and O–H groups in total. The molecule has 0 saturated carbocycles. The van der Waals surface area contributed by atoms with Crippen molar-refractivity contribution in [3.05, 3.63) is 57.2 Å². The van der Waals surface area contributed by atoms with E-state index in [9.17, 15) is 14.4 Å². The molecule has 1 amide bonds. The predicted octanol–water partition coefficient (Wildman–Crippen LogP) is 3.79. The molecule has 2 aromatic rings. The van der Waals surface area contributed by atoms with E-state index in [2.05, 4.69) is 5.32 Å². The van der Waals surface area contributed by atoms with Crippen LogP contribution in [0.5, 0.6) is 0 Å². The fourth-order valence-corrected chi connectivity index (χ4v) is 2.97. The summed E-state index contributed by atoms with van der Waals surface area (Å²) in [6, 6.07) is 10.1. The van der Waals surface area contributed by atoms with Crippen molar-refractivity contribution in [3.63, 3.8) is 0 Å². The molecule has 0 unspecified atom stereocenters. The molecule has 0 radical (unpaired) electrons. The monoisotopic (exact) mass is 379 g/mol. The maximum Gasteiger partial charge on any atom is 0.306 e. The molecule has 132 valence electrons. The van der Waals surface area contributed by atoms with Gasteiger partial charge in [-0.2, -0.15) is 0 Å². The van der Waals surface area contributed by atoms with Crippen molar-refractivity contribution in [2.24, 2.45) is 0 Å². The Morgan fingerprint density at radius 2 is 1.88 bits per heavy atom. The number of benzene rings is 1. The molecule has 0 aliphatic rings. The standard InChI is InChI=1S/C18H18ClNO4S/c1-12(16-3-2-10-25-16)20-17(22)11-24-18(23)9-8-15(21)13-4-6-14(19)7-5-13/h2-7,10,12H,8-9,11H2,1H3,(H,20,22)/t12-/m0/s1. The highest BCUT2D eigenvalue weighted by Gasteiger charge is 2.14. The van der Waals surface area contributed by atoms with Crippen LogP contribution >= 0.6 is 22.9 Å². The van der Waals surface area contributed by atoms with Crippen molar-refractivity contribution in [1.82, 2.24) is 5.32 Å². The largest absolute Gasteiger partial charge is 0.456 e. The highest BCUT2D eigenvalue weighted by atomic mass is 35.5. The average Bonchev–Trinajstić information content (AvgIpc) is 3.13. The van der Waals surface area contributed by atoms with Gasteiger partial charge in [0.05, 0.1) is 12.5 Å². The van der Waals surface area contributed by atoms with Crippen LogP contribution in [0.25, 0.3) is 0 Å². The Kier molecular flexibility index (Phi) is 7.16. The molecule has 1 atom stereocenters. The van der Waals surface area contributed by atoms with Crippen molar-refractivity contribution >= 4 is 40.6 Å². The molecule has 1 heterocycles. The van der Waals surface area contributed by atoms with E-state index in [1.165, 1.54) is 11.3 Å². The fourth-order valence-electron chi connectivity index (χ4n) is 2.11. The van der Waals surface area contributed by atoms with Gasteiger partial charge in [-0.1, -0.05) is 17.7 Å². The third-order valence-electron chi connectivity index (χ3n) is 3.43. The summed E-state index contributed by atoms with van der Waals surface area (Å²) in [5.41, 5.74) is 0.486. The lowest BCUT2D eigenvalue weighted by atomic mass is 10.1. The van der Waals surface area contributed by atoms with E-state index >= 15 is 0 Å². The molecule has 0 aliphatic heterocycles. The second-order valence-electron chi connectivity index (χ2n) is 5.40. The minimum absolute atomic E-state index is 0.0215. The summed E-state index contributed by atoms with van der Waals surface area (Å²) in [7, 11) is 0. The SMILES string of the molecule is C[C@H](NC(=O)COC(=O)CCC(=O)c1ccc(Cl)cc1)c1cccs1. The number of amides is 1. The van der Waals surface area contributed by atoms with Crippen LogP contribution in [-0.4, -0.2) is 24.3 Å². The van der Waals surface area contributed by atoms with Crippen molar-refractivity contribution in [3.8, 4) is 0 Å². The number of thiophene rings is 1. The Hall–Kier alpha value is -2.18. The van der Waals surface area contributed by atoms with Gasteiger partial charge in [0.15, 0.2) is 12.4 Å². The molecule has 2 rings (SSSR count). The zero-order valence-corrected chi connectivity index (χ0v) is 15.2. The first-order chi connectivity index (χ1) is 12.0. The minimum atomic E-state index is -0.582. The van der Waals surface area contributed by atoms with E-state index in [4.69, 9.17) is 16.3 Å². The molecule has 1 aromatic carbocycles. The van der Waals surface area contributed by atoms with Crippen LogP contribution in [0.3, 0.4) is 0 Å². The third-order valence-corrected chi connectivity index (χ3v) is 4.74. The number of rotatable bonds is 8. The second kappa shape index (κ2) is 9.34. The molecule has 0 spiro atoms. The van der Waals surface area contributed by atoms with Gasteiger partial charge < -0.3 is 10.1 Å². The topological polar surface area (TPSA) is 72.5 Å². The van der Waals surface area contributed by atoms with Gasteiger partial charge in [-0.05, 0) is 42.6 Å². The van der Waals surface area contributed by atoms with Gasteiger partial charge in [0, 0.05) is 21.9 Å².